The molecule has 0 atom stereocenters. The first-order chi connectivity index (χ1) is 8.24. The fourth-order valence-electron chi connectivity index (χ4n) is 1.92. The molecule has 1 heterocycles. The van der Waals surface area contributed by atoms with Crippen LogP contribution < -0.4 is 9.69 Å². The zero-order valence-electron chi connectivity index (χ0n) is 10.3. The van der Waals surface area contributed by atoms with Crippen molar-refractivity contribution in [2.75, 3.05) is 19.1 Å². The number of hydrogen-bond donors (Lipinski definition) is 0. The van der Waals surface area contributed by atoms with E-state index in [4.69, 9.17) is 0 Å². The standard InChI is InChI=1S/C15H17N2/c1-4-15-14(13-9-6-5-7-10-13)11-8-12-17(15)16(2)3/h4-12H,1H2,2-3H3/q+1. The van der Waals surface area contributed by atoms with E-state index < -0.39 is 0 Å². The molecule has 2 rings (SSSR count). The molecule has 0 aliphatic rings. The van der Waals surface area contributed by atoms with E-state index in [0.717, 1.165) is 5.69 Å². The fraction of sp³-hybridized carbons (Fsp3) is 0.133. The zero-order chi connectivity index (χ0) is 12.3. The summed E-state index contributed by atoms with van der Waals surface area (Å²) in [5, 5.41) is 2.03. The van der Waals surface area contributed by atoms with Crippen LogP contribution >= 0.6 is 0 Å². The highest BCUT2D eigenvalue weighted by Gasteiger charge is 2.15. The van der Waals surface area contributed by atoms with Gasteiger partial charge < -0.3 is 0 Å². The van der Waals surface area contributed by atoms with E-state index in [1.165, 1.54) is 11.1 Å². The molecule has 0 aliphatic carbocycles. The summed E-state index contributed by atoms with van der Waals surface area (Å²) in [5.74, 6) is 0. The second kappa shape index (κ2) is 4.83. The van der Waals surface area contributed by atoms with Gasteiger partial charge in [-0.05, 0) is 11.6 Å². The summed E-state index contributed by atoms with van der Waals surface area (Å²) in [6, 6.07) is 14.5. The first kappa shape index (κ1) is 11.4. The lowest BCUT2D eigenvalue weighted by Gasteiger charge is -2.10. The highest BCUT2D eigenvalue weighted by Crippen LogP contribution is 2.21. The number of aromatic nitrogens is 1. The maximum Gasteiger partial charge on any atom is 0.242 e. The summed E-state index contributed by atoms with van der Waals surface area (Å²) in [5.41, 5.74) is 3.50. The predicted molar refractivity (Wildman–Crippen MR) is 72.2 cm³/mol. The molecule has 0 fully saturated rings. The largest absolute Gasteiger partial charge is 0.242 e. The van der Waals surface area contributed by atoms with Gasteiger partial charge in [-0.3, -0.25) is 0 Å². The van der Waals surface area contributed by atoms with E-state index in [1.807, 2.05) is 37.4 Å². The number of nitrogens with zero attached hydrogens (tertiary/aromatic N) is 2. The SMILES string of the molecule is C=Cc1c(-c2ccccc2)ccc[n+]1N(C)C. The molecule has 2 heteroatoms. The molecule has 1 aromatic carbocycles. The molecule has 0 bridgehead atoms. The summed E-state index contributed by atoms with van der Waals surface area (Å²) in [7, 11) is 4.03. The number of rotatable bonds is 3. The average Bonchev–Trinajstić information content (AvgIpc) is 2.38. The molecule has 17 heavy (non-hydrogen) atoms. The van der Waals surface area contributed by atoms with Crippen LogP contribution in [0, 0.1) is 0 Å². The predicted octanol–water partition coefficient (Wildman–Crippen LogP) is 2.48. The molecule has 0 saturated heterocycles. The van der Waals surface area contributed by atoms with Gasteiger partial charge in [0.1, 0.15) is 0 Å². The topological polar surface area (TPSA) is 7.12 Å². The van der Waals surface area contributed by atoms with Gasteiger partial charge >= 0.3 is 0 Å². The van der Waals surface area contributed by atoms with Crippen molar-refractivity contribution in [1.29, 1.82) is 0 Å². The van der Waals surface area contributed by atoms with E-state index >= 15 is 0 Å². The summed E-state index contributed by atoms with van der Waals surface area (Å²) in [6.45, 7) is 3.91. The molecule has 0 N–H and O–H groups in total. The Bertz CT molecular complexity index is 516. The highest BCUT2D eigenvalue weighted by molar-refractivity contribution is 5.70. The lowest BCUT2D eigenvalue weighted by Crippen LogP contribution is -2.54. The van der Waals surface area contributed by atoms with Crippen LogP contribution in [-0.4, -0.2) is 14.1 Å². The Kier molecular flexibility index (Phi) is 3.24. The Morgan fingerprint density at radius 3 is 2.35 bits per heavy atom. The Labute approximate surface area is 102 Å². The van der Waals surface area contributed by atoms with Crippen molar-refractivity contribution in [2.24, 2.45) is 0 Å². The van der Waals surface area contributed by atoms with E-state index in [0.29, 0.717) is 0 Å². The van der Waals surface area contributed by atoms with Gasteiger partial charge in [0.25, 0.3) is 0 Å². The van der Waals surface area contributed by atoms with Crippen LogP contribution in [0.25, 0.3) is 17.2 Å². The van der Waals surface area contributed by atoms with Gasteiger partial charge in [-0.2, -0.15) is 5.01 Å². The van der Waals surface area contributed by atoms with Crippen LogP contribution in [0.4, 0.5) is 0 Å². The van der Waals surface area contributed by atoms with Crippen LogP contribution in [0.1, 0.15) is 5.69 Å². The van der Waals surface area contributed by atoms with Gasteiger partial charge in [0.15, 0.2) is 6.20 Å². The maximum absolute atomic E-state index is 3.91. The van der Waals surface area contributed by atoms with Crippen LogP contribution in [-0.2, 0) is 0 Å². The third-order valence-electron chi connectivity index (χ3n) is 2.72. The lowest BCUT2D eigenvalue weighted by molar-refractivity contribution is -0.688. The van der Waals surface area contributed by atoms with E-state index in [9.17, 15) is 0 Å². The smallest absolute Gasteiger partial charge is 0.186 e. The minimum atomic E-state index is 1.10. The van der Waals surface area contributed by atoms with Gasteiger partial charge in [-0.25, -0.2) is 0 Å². The zero-order valence-corrected chi connectivity index (χ0v) is 10.3. The molecular formula is C15H17N2+. The third kappa shape index (κ3) is 2.21. The normalized spacial score (nSPS) is 10.0. The summed E-state index contributed by atoms with van der Waals surface area (Å²) in [6.07, 6.45) is 3.92. The molecule has 0 spiro atoms. The van der Waals surface area contributed by atoms with Crippen molar-refractivity contribution in [1.82, 2.24) is 0 Å². The van der Waals surface area contributed by atoms with E-state index in [-0.39, 0.29) is 0 Å². The van der Waals surface area contributed by atoms with E-state index in [1.54, 1.807) is 0 Å². The first-order valence-electron chi connectivity index (χ1n) is 5.64. The quantitative estimate of drug-likeness (QED) is 0.728. The number of pyridine rings is 1. The lowest BCUT2D eigenvalue weighted by atomic mass is 10.0. The van der Waals surface area contributed by atoms with Gasteiger partial charge in [0.05, 0.1) is 19.7 Å². The Hall–Kier alpha value is -2.09. The molecule has 0 amide bonds. The molecule has 1 aromatic heterocycles. The van der Waals surface area contributed by atoms with Gasteiger partial charge in [0, 0.05) is 12.1 Å². The number of benzene rings is 1. The summed E-state index contributed by atoms with van der Waals surface area (Å²) >= 11 is 0. The van der Waals surface area contributed by atoms with Crippen molar-refractivity contribution >= 4 is 6.08 Å². The molecule has 2 nitrogen and oxygen atoms in total. The minimum absolute atomic E-state index is 1.10. The average molecular weight is 225 g/mol. The molecule has 0 aliphatic heterocycles. The first-order valence-corrected chi connectivity index (χ1v) is 5.64. The summed E-state index contributed by atoms with van der Waals surface area (Å²) in [4.78, 5) is 0. The van der Waals surface area contributed by atoms with Gasteiger partial charge in [0.2, 0.25) is 5.69 Å². The molecule has 0 saturated carbocycles. The second-order valence-corrected chi connectivity index (χ2v) is 4.07. The second-order valence-electron chi connectivity index (χ2n) is 4.07. The minimum Gasteiger partial charge on any atom is -0.186 e. The van der Waals surface area contributed by atoms with E-state index in [2.05, 4.69) is 47.7 Å². The third-order valence-corrected chi connectivity index (χ3v) is 2.72. The highest BCUT2D eigenvalue weighted by atomic mass is 15.5. The monoisotopic (exact) mass is 225 g/mol. The van der Waals surface area contributed by atoms with Crippen molar-refractivity contribution < 1.29 is 4.68 Å². The maximum atomic E-state index is 3.91. The molecule has 0 radical (unpaired) electrons. The fourth-order valence-corrected chi connectivity index (χ4v) is 1.92. The molecule has 2 aromatic rings. The Morgan fingerprint density at radius 1 is 1.06 bits per heavy atom. The van der Waals surface area contributed by atoms with Crippen LogP contribution in [0.5, 0.6) is 0 Å². The molecular weight excluding hydrogens is 208 g/mol. The Morgan fingerprint density at radius 2 is 1.76 bits per heavy atom. The van der Waals surface area contributed by atoms with Crippen molar-refractivity contribution in [3.63, 3.8) is 0 Å². The Balaban J connectivity index is 2.63. The van der Waals surface area contributed by atoms with Crippen molar-refractivity contribution in [3.05, 3.63) is 60.9 Å². The van der Waals surface area contributed by atoms with Gasteiger partial charge in [-0.15, -0.1) is 0 Å². The van der Waals surface area contributed by atoms with Crippen molar-refractivity contribution in [3.8, 4) is 11.1 Å². The van der Waals surface area contributed by atoms with Crippen LogP contribution in [0.2, 0.25) is 0 Å². The molecule has 86 valence electrons. The van der Waals surface area contributed by atoms with Crippen LogP contribution in [0.15, 0.2) is 55.2 Å². The van der Waals surface area contributed by atoms with Crippen LogP contribution in [0.3, 0.4) is 0 Å². The van der Waals surface area contributed by atoms with Crippen molar-refractivity contribution in [2.45, 2.75) is 0 Å². The van der Waals surface area contributed by atoms with Gasteiger partial charge in [-0.1, -0.05) is 41.6 Å². The summed E-state index contributed by atoms with van der Waals surface area (Å²) < 4.78 is 2.08. The molecule has 0 unspecified atom stereocenters. The number of hydrogen-bond acceptors (Lipinski definition) is 1.